The Balaban J connectivity index is 1.82. The normalized spacial score (nSPS) is 25.5. The van der Waals surface area contributed by atoms with Crippen molar-refractivity contribution in [2.24, 2.45) is 15.9 Å². The van der Waals surface area contributed by atoms with Crippen molar-refractivity contribution < 1.29 is 23.9 Å². The van der Waals surface area contributed by atoms with Crippen molar-refractivity contribution in [1.82, 2.24) is 5.32 Å². The maximum atomic E-state index is 12.0. The predicted octanol–water partition coefficient (Wildman–Crippen LogP) is 1.50. The quantitative estimate of drug-likeness (QED) is 0.413. The maximum absolute atomic E-state index is 12.0. The lowest BCUT2D eigenvalue weighted by Crippen LogP contribution is -2.33. The number of carbonyl (C=O) groups excluding carboxylic acids is 3. The number of nitrogens with one attached hydrogen (secondary N) is 1. The molecule has 150 valence electrons. The van der Waals surface area contributed by atoms with Crippen LogP contribution in [0.5, 0.6) is 0 Å². The lowest BCUT2D eigenvalue weighted by Gasteiger charge is -2.33. The van der Waals surface area contributed by atoms with Crippen LogP contribution in [0.1, 0.15) is 46.0 Å². The average molecular weight is 406 g/mol. The van der Waals surface area contributed by atoms with Gasteiger partial charge in [-0.05, 0) is 56.9 Å². The molecular weight excluding hydrogens is 384 g/mol. The summed E-state index contributed by atoms with van der Waals surface area (Å²) in [5.74, 6) is -1.64. The van der Waals surface area contributed by atoms with Crippen molar-refractivity contribution in [3.8, 4) is 0 Å². The van der Waals surface area contributed by atoms with Gasteiger partial charge in [0.1, 0.15) is 11.2 Å². The Labute approximate surface area is 166 Å². The van der Waals surface area contributed by atoms with Gasteiger partial charge in [0.25, 0.3) is 11.8 Å². The molecule has 2 aliphatic heterocycles. The number of ether oxygens (including phenoxy) is 2. The Morgan fingerprint density at radius 2 is 2.04 bits per heavy atom. The topological polar surface area (TPSA) is 132 Å². The lowest BCUT2D eigenvalue weighted by atomic mass is 9.79. The number of nitrogens with two attached hydrogens (primary N) is 1. The molecule has 1 spiro atoms. The van der Waals surface area contributed by atoms with Crippen molar-refractivity contribution in [3.05, 3.63) is 22.1 Å². The third-order valence-electron chi connectivity index (χ3n) is 4.89. The third kappa shape index (κ3) is 3.96. The zero-order valence-corrected chi connectivity index (χ0v) is 16.6. The predicted molar refractivity (Wildman–Crippen MR) is 104 cm³/mol. The van der Waals surface area contributed by atoms with E-state index in [0.717, 1.165) is 55.5 Å². The maximum Gasteiger partial charge on any atom is 0.332 e. The minimum atomic E-state index is -0.620. The number of hydrogen-bond donors (Lipinski definition) is 2. The van der Waals surface area contributed by atoms with Crippen molar-refractivity contribution in [2.45, 2.75) is 51.6 Å². The summed E-state index contributed by atoms with van der Waals surface area (Å²) in [7, 11) is 0. The number of amidine groups is 1. The third-order valence-corrected chi connectivity index (χ3v) is 5.79. The Hall–Kier alpha value is -2.62. The van der Waals surface area contributed by atoms with Gasteiger partial charge in [-0.2, -0.15) is 0 Å². The Kier molecular flexibility index (Phi) is 5.87. The van der Waals surface area contributed by atoms with Crippen LogP contribution in [-0.4, -0.2) is 41.1 Å². The van der Waals surface area contributed by atoms with Crippen molar-refractivity contribution >= 4 is 40.6 Å². The van der Waals surface area contributed by atoms with E-state index >= 15 is 0 Å². The molecule has 2 amide bonds. The summed E-state index contributed by atoms with van der Waals surface area (Å²) >= 11 is 0.949. The molecule has 0 aromatic heterocycles. The van der Waals surface area contributed by atoms with E-state index in [1.165, 1.54) is 0 Å². The van der Waals surface area contributed by atoms with Gasteiger partial charge in [0.2, 0.25) is 5.90 Å². The summed E-state index contributed by atoms with van der Waals surface area (Å²) in [6, 6.07) is 0. The van der Waals surface area contributed by atoms with Crippen LogP contribution >= 0.6 is 11.8 Å². The van der Waals surface area contributed by atoms with E-state index in [1.54, 1.807) is 6.92 Å². The highest BCUT2D eigenvalue weighted by atomic mass is 32.2. The first-order valence-electron chi connectivity index (χ1n) is 9.10. The second-order valence-corrected chi connectivity index (χ2v) is 7.68. The van der Waals surface area contributed by atoms with Crippen LogP contribution in [-0.2, 0) is 23.9 Å². The van der Waals surface area contributed by atoms with Gasteiger partial charge in [-0.25, -0.2) is 4.79 Å². The Bertz CT molecular complexity index is 837. The second kappa shape index (κ2) is 8.17. The van der Waals surface area contributed by atoms with Crippen molar-refractivity contribution in [1.29, 1.82) is 0 Å². The first kappa shape index (κ1) is 20.1. The molecule has 3 rings (SSSR count). The molecule has 0 bridgehead atoms. The highest BCUT2D eigenvalue weighted by Gasteiger charge is 2.46. The van der Waals surface area contributed by atoms with Crippen LogP contribution in [0.4, 0.5) is 0 Å². The molecule has 3 aliphatic rings. The summed E-state index contributed by atoms with van der Waals surface area (Å²) in [6.45, 7) is 3.73. The summed E-state index contributed by atoms with van der Waals surface area (Å²) in [6.07, 6.45) is 5.81. The lowest BCUT2D eigenvalue weighted by molar-refractivity contribution is -0.137. The highest BCUT2D eigenvalue weighted by Crippen LogP contribution is 2.43. The van der Waals surface area contributed by atoms with Gasteiger partial charge in [-0.3, -0.25) is 14.9 Å². The van der Waals surface area contributed by atoms with Crippen LogP contribution < -0.4 is 11.1 Å². The van der Waals surface area contributed by atoms with Crippen LogP contribution in [0.3, 0.4) is 0 Å². The summed E-state index contributed by atoms with van der Waals surface area (Å²) < 4.78 is 10.8. The summed E-state index contributed by atoms with van der Waals surface area (Å²) in [4.78, 5) is 35.5. The molecule has 2 heterocycles. The van der Waals surface area contributed by atoms with Crippen LogP contribution in [0.25, 0.3) is 0 Å². The number of carbonyl (C=O) groups is 3. The van der Waals surface area contributed by atoms with E-state index < -0.39 is 23.4 Å². The number of hydrogen-bond acceptors (Lipinski definition) is 8. The van der Waals surface area contributed by atoms with E-state index in [-0.39, 0.29) is 28.2 Å². The summed E-state index contributed by atoms with van der Waals surface area (Å²) in [5, 5.41) is 10.7. The van der Waals surface area contributed by atoms with Crippen LogP contribution in [0.2, 0.25) is 0 Å². The van der Waals surface area contributed by atoms with Crippen LogP contribution in [0.15, 0.2) is 32.3 Å². The molecule has 0 aromatic carbocycles. The molecule has 1 saturated heterocycles. The number of nitrogens with zero attached hydrogens (tertiary/aromatic N) is 2. The van der Waals surface area contributed by atoms with E-state index in [1.807, 2.05) is 6.92 Å². The highest BCUT2D eigenvalue weighted by molar-refractivity contribution is 8.18. The fourth-order valence-corrected chi connectivity index (χ4v) is 4.25. The first-order valence-corrected chi connectivity index (χ1v) is 9.92. The van der Waals surface area contributed by atoms with Crippen molar-refractivity contribution in [3.63, 3.8) is 0 Å². The van der Waals surface area contributed by atoms with Crippen molar-refractivity contribution in [2.75, 3.05) is 6.61 Å². The molecule has 1 saturated carbocycles. The zero-order valence-electron chi connectivity index (χ0n) is 15.7. The van der Waals surface area contributed by atoms with Gasteiger partial charge in [0.05, 0.1) is 11.5 Å². The molecular formula is C18H22N4O5S. The SMILES string of the molecule is CCOC(=O)C=C1SC(=NN=C2OC3(CCCCC3)C(C)=C2C(N)=O)NC1=O. The first-order chi connectivity index (χ1) is 13.4. The summed E-state index contributed by atoms with van der Waals surface area (Å²) in [5.41, 5.74) is 6.01. The number of primary amides is 1. The van der Waals surface area contributed by atoms with E-state index in [9.17, 15) is 14.4 Å². The van der Waals surface area contributed by atoms with Gasteiger partial charge < -0.3 is 15.2 Å². The molecule has 28 heavy (non-hydrogen) atoms. The number of rotatable bonds is 4. The number of amides is 2. The van der Waals surface area contributed by atoms with Gasteiger partial charge in [-0.15, -0.1) is 10.2 Å². The average Bonchev–Trinajstić information content (AvgIpc) is 3.12. The molecule has 9 nitrogen and oxygen atoms in total. The van der Waals surface area contributed by atoms with E-state index in [4.69, 9.17) is 15.2 Å². The minimum absolute atomic E-state index is 0.0667. The zero-order chi connectivity index (χ0) is 20.3. The van der Waals surface area contributed by atoms with E-state index in [2.05, 4.69) is 15.5 Å². The van der Waals surface area contributed by atoms with Gasteiger partial charge in [0, 0.05) is 6.08 Å². The fraction of sp³-hybridized carbons (Fsp3) is 0.500. The Morgan fingerprint density at radius 1 is 1.32 bits per heavy atom. The van der Waals surface area contributed by atoms with E-state index in [0.29, 0.717) is 0 Å². The molecule has 2 fully saturated rings. The smallest absolute Gasteiger partial charge is 0.332 e. The minimum Gasteiger partial charge on any atom is -0.465 e. The molecule has 0 aromatic rings. The van der Waals surface area contributed by atoms with Gasteiger partial charge >= 0.3 is 5.97 Å². The molecule has 0 radical (unpaired) electrons. The van der Waals surface area contributed by atoms with Gasteiger partial charge in [-0.1, -0.05) is 6.42 Å². The second-order valence-electron chi connectivity index (χ2n) is 6.65. The number of thioether (sulfide) groups is 1. The molecule has 1 aliphatic carbocycles. The standard InChI is InChI=1S/C18H22N4O5S/c1-3-26-12(23)9-11-15(25)20-17(28-11)22-21-16-13(14(19)24)10(2)18(27-16)7-5-4-6-8-18/h9H,3-8H2,1-2H3,(H2,19,24)(H,20,22,25). The van der Waals surface area contributed by atoms with Gasteiger partial charge in [0.15, 0.2) is 5.17 Å². The Morgan fingerprint density at radius 3 is 2.68 bits per heavy atom. The monoisotopic (exact) mass is 406 g/mol. The molecule has 3 N–H and O–H groups in total. The molecule has 0 unspecified atom stereocenters. The van der Waals surface area contributed by atoms with Crippen LogP contribution in [0, 0.1) is 0 Å². The molecule has 10 heteroatoms. The fourth-order valence-electron chi connectivity index (χ4n) is 3.52. The largest absolute Gasteiger partial charge is 0.465 e. The molecule has 0 atom stereocenters. The number of esters is 1.